The molecular weight excluding hydrogens is 378 g/mol. The number of benzene rings is 2. The Balaban J connectivity index is 1.63. The van der Waals surface area contributed by atoms with E-state index >= 15 is 0 Å². The van der Waals surface area contributed by atoms with Crippen LogP contribution in [0.1, 0.15) is 53.3 Å². The summed E-state index contributed by atoms with van der Waals surface area (Å²) >= 11 is 0. The number of anilines is 1. The van der Waals surface area contributed by atoms with Crippen LogP contribution in [0.3, 0.4) is 0 Å². The lowest BCUT2D eigenvalue weighted by atomic mass is 9.96. The van der Waals surface area contributed by atoms with Crippen molar-refractivity contribution in [1.82, 2.24) is 10.2 Å². The van der Waals surface area contributed by atoms with E-state index in [0.29, 0.717) is 36.4 Å². The summed E-state index contributed by atoms with van der Waals surface area (Å²) in [6, 6.07) is 15.9. The molecule has 6 nitrogen and oxygen atoms in total. The van der Waals surface area contributed by atoms with Gasteiger partial charge < -0.3 is 15.5 Å². The van der Waals surface area contributed by atoms with Crippen molar-refractivity contribution in [2.75, 3.05) is 25.0 Å². The highest BCUT2D eigenvalue weighted by Crippen LogP contribution is 2.20. The van der Waals surface area contributed by atoms with E-state index < -0.39 is 0 Å². The van der Waals surface area contributed by atoms with Crippen molar-refractivity contribution in [1.29, 1.82) is 0 Å². The van der Waals surface area contributed by atoms with Gasteiger partial charge in [0.1, 0.15) is 0 Å². The molecule has 0 aliphatic carbocycles. The second-order valence-electron chi connectivity index (χ2n) is 7.64. The highest BCUT2D eigenvalue weighted by atomic mass is 16.2. The predicted octanol–water partition coefficient (Wildman–Crippen LogP) is 3.71. The van der Waals surface area contributed by atoms with Gasteiger partial charge in [-0.25, -0.2) is 0 Å². The number of carbonyl (C=O) groups is 3. The Kier molecular flexibility index (Phi) is 7.60. The minimum absolute atomic E-state index is 0.0322. The van der Waals surface area contributed by atoms with Gasteiger partial charge in [-0.1, -0.05) is 37.6 Å². The number of unbranched alkanes of at least 4 members (excludes halogenated alkanes) is 1. The monoisotopic (exact) mass is 407 g/mol. The maximum absolute atomic E-state index is 13.0. The molecule has 30 heavy (non-hydrogen) atoms. The Morgan fingerprint density at radius 2 is 1.80 bits per heavy atom. The molecule has 0 bridgehead atoms. The van der Waals surface area contributed by atoms with Crippen LogP contribution in [0, 0.1) is 5.92 Å². The summed E-state index contributed by atoms with van der Waals surface area (Å²) in [5.41, 5.74) is 1.63. The standard InChI is InChI=1S/C24H29N3O3/c1-2-3-14-25-22(28)20-12-8-15-27(17-20)24(30)19-11-7-13-21(16-19)26-23(29)18-9-5-4-6-10-18/h4-7,9-11,13,16,20H,2-3,8,12,14-15,17H2,1H3,(H,25,28)(H,26,29)/t20-/m1/s1. The zero-order chi connectivity index (χ0) is 21.3. The molecule has 2 aromatic carbocycles. The Labute approximate surface area is 177 Å². The summed E-state index contributed by atoms with van der Waals surface area (Å²) in [6.07, 6.45) is 3.60. The molecule has 6 heteroatoms. The van der Waals surface area contributed by atoms with Gasteiger partial charge in [0.2, 0.25) is 5.91 Å². The summed E-state index contributed by atoms with van der Waals surface area (Å²) in [4.78, 5) is 39.5. The summed E-state index contributed by atoms with van der Waals surface area (Å²) in [5.74, 6) is -0.468. The van der Waals surface area contributed by atoms with E-state index in [0.717, 1.165) is 25.7 Å². The average Bonchev–Trinajstić information content (AvgIpc) is 2.79. The summed E-state index contributed by atoms with van der Waals surface area (Å²) in [7, 11) is 0. The van der Waals surface area contributed by atoms with Crippen molar-refractivity contribution in [2.24, 2.45) is 5.92 Å². The fourth-order valence-electron chi connectivity index (χ4n) is 3.61. The van der Waals surface area contributed by atoms with Crippen molar-refractivity contribution in [2.45, 2.75) is 32.6 Å². The quantitative estimate of drug-likeness (QED) is 0.687. The van der Waals surface area contributed by atoms with Gasteiger partial charge in [0.05, 0.1) is 5.92 Å². The van der Waals surface area contributed by atoms with Gasteiger partial charge in [-0.2, -0.15) is 0 Å². The van der Waals surface area contributed by atoms with Gasteiger partial charge in [-0.15, -0.1) is 0 Å². The number of nitrogens with zero attached hydrogens (tertiary/aromatic N) is 1. The molecule has 1 aliphatic rings. The third-order valence-electron chi connectivity index (χ3n) is 5.31. The first-order valence-electron chi connectivity index (χ1n) is 10.6. The van der Waals surface area contributed by atoms with Crippen LogP contribution in [0.4, 0.5) is 5.69 Å². The van der Waals surface area contributed by atoms with Gasteiger partial charge >= 0.3 is 0 Å². The molecule has 1 aliphatic heterocycles. The molecule has 0 spiro atoms. The van der Waals surface area contributed by atoms with Crippen molar-refractivity contribution in [3.63, 3.8) is 0 Å². The molecule has 1 heterocycles. The molecule has 0 unspecified atom stereocenters. The van der Waals surface area contributed by atoms with Crippen LogP contribution >= 0.6 is 0 Å². The highest BCUT2D eigenvalue weighted by molar-refractivity contribution is 6.05. The average molecular weight is 408 g/mol. The maximum Gasteiger partial charge on any atom is 0.255 e. The van der Waals surface area contributed by atoms with Gasteiger partial charge in [-0.05, 0) is 49.6 Å². The number of hydrogen-bond donors (Lipinski definition) is 2. The molecule has 1 saturated heterocycles. The molecule has 2 aromatic rings. The van der Waals surface area contributed by atoms with E-state index in [1.54, 1.807) is 53.4 Å². The molecule has 158 valence electrons. The van der Waals surface area contributed by atoms with E-state index in [-0.39, 0.29) is 23.6 Å². The Morgan fingerprint density at radius 1 is 1.03 bits per heavy atom. The fraction of sp³-hybridized carbons (Fsp3) is 0.375. The van der Waals surface area contributed by atoms with Crippen LogP contribution in [0.25, 0.3) is 0 Å². The fourth-order valence-corrected chi connectivity index (χ4v) is 3.61. The van der Waals surface area contributed by atoms with Gasteiger partial charge in [0.25, 0.3) is 11.8 Å². The molecule has 0 saturated carbocycles. The lowest BCUT2D eigenvalue weighted by molar-refractivity contribution is -0.126. The van der Waals surface area contributed by atoms with Crippen LogP contribution < -0.4 is 10.6 Å². The maximum atomic E-state index is 13.0. The molecule has 3 rings (SSSR count). The van der Waals surface area contributed by atoms with Crippen LogP contribution in [-0.4, -0.2) is 42.3 Å². The molecule has 1 atom stereocenters. The van der Waals surface area contributed by atoms with E-state index in [4.69, 9.17) is 0 Å². The molecule has 0 aromatic heterocycles. The lowest BCUT2D eigenvalue weighted by Crippen LogP contribution is -2.45. The van der Waals surface area contributed by atoms with Crippen LogP contribution in [0.2, 0.25) is 0 Å². The van der Waals surface area contributed by atoms with E-state index in [9.17, 15) is 14.4 Å². The topological polar surface area (TPSA) is 78.5 Å². The molecule has 3 amide bonds. The number of amides is 3. The largest absolute Gasteiger partial charge is 0.356 e. The lowest BCUT2D eigenvalue weighted by Gasteiger charge is -2.32. The van der Waals surface area contributed by atoms with Crippen LogP contribution in [0.15, 0.2) is 54.6 Å². The molecule has 1 fully saturated rings. The van der Waals surface area contributed by atoms with Crippen molar-refractivity contribution in [3.8, 4) is 0 Å². The number of carbonyl (C=O) groups excluding carboxylic acids is 3. The number of hydrogen-bond acceptors (Lipinski definition) is 3. The minimum atomic E-state index is -0.220. The smallest absolute Gasteiger partial charge is 0.255 e. The summed E-state index contributed by atoms with van der Waals surface area (Å²) < 4.78 is 0. The SMILES string of the molecule is CCCCNC(=O)[C@@H]1CCCN(C(=O)c2cccc(NC(=O)c3ccccc3)c2)C1. The van der Waals surface area contributed by atoms with Gasteiger partial charge in [-0.3, -0.25) is 14.4 Å². The normalized spacial score (nSPS) is 16.0. The third kappa shape index (κ3) is 5.69. The van der Waals surface area contributed by atoms with Crippen LogP contribution in [-0.2, 0) is 4.79 Å². The first kappa shape index (κ1) is 21.6. The first-order chi connectivity index (χ1) is 14.6. The molecule has 0 radical (unpaired) electrons. The Bertz CT molecular complexity index is 882. The van der Waals surface area contributed by atoms with Crippen molar-refractivity contribution >= 4 is 23.4 Å². The van der Waals surface area contributed by atoms with E-state index in [2.05, 4.69) is 17.6 Å². The molecule has 2 N–H and O–H groups in total. The number of nitrogens with one attached hydrogen (secondary N) is 2. The number of likely N-dealkylation sites (tertiary alicyclic amines) is 1. The summed E-state index contributed by atoms with van der Waals surface area (Å²) in [6.45, 7) is 3.84. The Hall–Kier alpha value is -3.15. The van der Waals surface area contributed by atoms with E-state index in [1.807, 2.05) is 6.07 Å². The zero-order valence-corrected chi connectivity index (χ0v) is 17.4. The Morgan fingerprint density at radius 3 is 2.57 bits per heavy atom. The van der Waals surface area contributed by atoms with Crippen LogP contribution in [0.5, 0.6) is 0 Å². The highest BCUT2D eigenvalue weighted by Gasteiger charge is 2.28. The van der Waals surface area contributed by atoms with Gasteiger partial charge in [0, 0.05) is 36.4 Å². The van der Waals surface area contributed by atoms with Gasteiger partial charge in [0.15, 0.2) is 0 Å². The number of piperidine rings is 1. The zero-order valence-electron chi connectivity index (χ0n) is 17.4. The van der Waals surface area contributed by atoms with Crippen molar-refractivity contribution < 1.29 is 14.4 Å². The second kappa shape index (κ2) is 10.6. The van der Waals surface area contributed by atoms with E-state index in [1.165, 1.54) is 0 Å². The third-order valence-corrected chi connectivity index (χ3v) is 5.31. The predicted molar refractivity (Wildman–Crippen MR) is 117 cm³/mol. The minimum Gasteiger partial charge on any atom is -0.356 e. The number of rotatable bonds is 7. The van der Waals surface area contributed by atoms with Crippen molar-refractivity contribution in [3.05, 3.63) is 65.7 Å². The summed E-state index contributed by atoms with van der Waals surface area (Å²) in [5, 5.41) is 5.81. The molecular formula is C24H29N3O3. The first-order valence-corrected chi connectivity index (χ1v) is 10.6. The second-order valence-corrected chi connectivity index (χ2v) is 7.64.